The van der Waals surface area contributed by atoms with E-state index in [2.05, 4.69) is 0 Å². The predicted octanol–water partition coefficient (Wildman–Crippen LogP) is -3.47. The fraction of sp³-hybridized carbons (Fsp3) is 0.833. The SMILES string of the molecule is NCCCCC(N)C(=O)O.[Cl-].[Fe+3]. The van der Waals surface area contributed by atoms with Crippen LogP contribution in [-0.4, -0.2) is 23.7 Å². The maximum atomic E-state index is 10.1. The molecule has 4 nitrogen and oxygen atoms in total. The molecule has 12 heavy (non-hydrogen) atoms. The Morgan fingerprint density at radius 2 is 1.92 bits per heavy atom. The van der Waals surface area contributed by atoms with Crippen molar-refractivity contribution in [2.75, 3.05) is 6.54 Å². The van der Waals surface area contributed by atoms with Gasteiger partial charge in [-0.25, -0.2) is 0 Å². The predicted molar refractivity (Wildman–Crippen MR) is 38.5 cm³/mol. The van der Waals surface area contributed by atoms with Gasteiger partial charge in [0, 0.05) is 0 Å². The summed E-state index contributed by atoms with van der Waals surface area (Å²) in [5, 5.41) is 8.33. The minimum Gasteiger partial charge on any atom is -1.00 e. The Labute approximate surface area is 88.9 Å². The van der Waals surface area contributed by atoms with Crippen LogP contribution in [-0.2, 0) is 21.9 Å². The third-order valence-electron chi connectivity index (χ3n) is 1.29. The smallest absolute Gasteiger partial charge is 1.00 e. The molecule has 0 saturated carbocycles. The van der Waals surface area contributed by atoms with Crippen LogP contribution in [0.25, 0.3) is 0 Å². The van der Waals surface area contributed by atoms with Crippen molar-refractivity contribution in [3.05, 3.63) is 0 Å². The maximum Gasteiger partial charge on any atom is 3.00 e. The molecule has 0 rings (SSSR count). The first-order chi connectivity index (χ1) is 4.68. The van der Waals surface area contributed by atoms with Gasteiger partial charge in [0.2, 0.25) is 0 Å². The molecule has 0 saturated heterocycles. The number of aliphatic carboxylic acids is 1. The van der Waals surface area contributed by atoms with Crippen molar-refractivity contribution < 1.29 is 39.4 Å². The third kappa shape index (κ3) is 10.2. The molecule has 0 aromatic rings. The fourth-order valence-corrected chi connectivity index (χ4v) is 0.632. The number of hydrogen-bond acceptors (Lipinski definition) is 3. The number of carboxylic acid groups (broad SMARTS) is 1. The zero-order valence-electron chi connectivity index (χ0n) is 6.65. The van der Waals surface area contributed by atoms with E-state index in [1.165, 1.54) is 0 Å². The van der Waals surface area contributed by atoms with Crippen LogP contribution < -0.4 is 23.9 Å². The molecule has 0 aliphatic rings. The van der Waals surface area contributed by atoms with Crippen molar-refractivity contribution in [2.24, 2.45) is 11.5 Å². The molecule has 0 aliphatic carbocycles. The van der Waals surface area contributed by atoms with Gasteiger partial charge in [-0.15, -0.1) is 0 Å². The summed E-state index contributed by atoms with van der Waals surface area (Å²) in [6.07, 6.45) is 2.16. The molecule has 0 fully saturated rings. The Balaban J connectivity index is -0.000000405. The summed E-state index contributed by atoms with van der Waals surface area (Å²) in [4.78, 5) is 10.1. The van der Waals surface area contributed by atoms with E-state index < -0.39 is 12.0 Å². The van der Waals surface area contributed by atoms with Gasteiger partial charge in [-0.3, -0.25) is 4.79 Å². The summed E-state index contributed by atoms with van der Waals surface area (Å²) in [6.45, 7) is 0.604. The van der Waals surface area contributed by atoms with E-state index in [0.29, 0.717) is 13.0 Å². The molecule has 0 aliphatic heterocycles. The molecule has 0 heterocycles. The number of carboxylic acids is 1. The van der Waals surface area contributed by atoms with Gasteiger partial charge < -0.3 is 29.0 Å². The average molecular weight is 237 g/mol. The summed E-state index contributed by atoms with van der Waals surface area (Å²) in [5.74, 6) is -0.933. The molecule has 5 N–H and O–H groups in total. The molecule has 0 amide bonds. The van der Waals surface area contributed by atoms with Crippen LogP contribution in [0.3, 0.4) is 0 Å². The average Bonchev–Trinajstić information content (AvgIpc) is 1.88. The number of hydrogen-bond donors (Lipinski definition) is 3. The van der Waals surface area contributed by atoms with Crippen molar-refractivity contribution in [1.29, 1.82) is 0 Å². The molecule has 1 unspecified atom stereocenters. The largest absolute Gasteiger partial charge is 3.00 e. The van der Waals surface area contributed by atoms with Crippen LogP contribution in [0.4, 0.5) is 0 Å². The van der Waals surface area contributed by atoms with Gasteiger partial charge in [0.05, 0.1) is 0 Å². The zero-order valence-corrected chi connectivity index (χ0v) is 8.51. The molecule has 0 bridgehead atoms. The summed E-state index contributed by atoms with van der Waals surface area (Å²) in [5.41, 5.74) is 10.4. The van der Waals surface area contributed by atoms with Crippen molar-refractivity contribution >= 4 is 5.97 Å². The monoisotopic (exact) mass is 237 g/mol. The number of carbonyl (C=O) groups is 1. The van der Waals surface area contributed by atoms with Gasteiger partial charge in [0.15, 0.2) is 0 Å². The van der Waals surface area contributed by atoms with Gasteiger partial charge in [0.25, 0.3) is 0 Å². The van der Waals surface area contributed by atoms with Crippen molar-refractivity contribution in [3.63, 3.8) is 0 Å². The number of rotatable bonds is 5. The van der Waals surface area contributed by atoms with Crippen LogP contribution in [0.2, 0.25) is 0 Å². The molecule has 73 valence electrons. The van der Waals surface area contributed by atoms with Gasteiger partial charge in [-0.1, -0.05) is 6.42 Å². The van der Waals surface area contributed by atoms with Crippen LogP contribution in [0.15, 0.2) is 0 Å². The minimum atomic E-state index is -0.933. The summed E-state index contributed by atoms with van der Waals surface area (Å²) in [7, 11) is 0. The van der Waals surface area contributed by atoms with E-state index in [4.69, 9.17) is 16.6 Å². The molecule has 0 aromatic heterocycles. The van der Waals surface area contributed by atoms with Gasteiger partial charge in [-0.2, -0.15) is 0 Å². The molecule has 0 aromatic carbocycles. The van der Waals surface area contributed by atoms with Crippen molar-refractivity contribution in [1.82, 2.24) is 0 Å². The second-order valence-corrected chi connectivity index (χ2v) is 2.23. The number of halogens is 1. The van der Waals surface area contributed by atoms with Crippen LogP contribution in [0.5, 0.6) is 0 Å². The molecule has 1 atom stereocenters. The Kier molecular flexibility index (Phi) is 16.9. The zero-order chi connectivity index (χ0) is 7.98. The van der Waals surface area contributed by atoms with Crippen LogP contribution in [0.1, 0.15) is 19.3 Å². The van der Waals surface area contributed by atoms with Crippen molar-refractivity contribution in [2.45, 2.75) is 25.3 Å². The summed E-state index contributed by atoms with van der Waals surface area (Å²) >= 11 is 0. The first-order valence-corrected chi connectivity index (χ1v) is 3.37. The molecule has 6 heteroatoms. The molecular formula is C6H14ClFeN2O2+2. The number of unbranched alkanes of at least 4 members (excludes halogenated alkanes) is 1. The topological polar surface area (TPSA) is 89.3 Å². The van der Waals surface area contributed by atoms with Gasteiger partial charge in [0.1, 0.15) is 6.04 Å². The van der Waals surface area contributed by atoms with E-state index >= 15 is 0 Å². The second-order valence-electron chi connectivity index (χ2n) is 2.23. The van der Waals surface area contributed by atoms with E-state index in [1.54, 1.807) is 0 Å². The normalized spacial score (nSPS) is 10.8. The first-order valence-electron chi connectivity index (χ1n) is 3.37. The summed E-state index contributed by atoms with van der Waals surface area (Å²) in [6, 6.07) is -0.716. The number of nitrogens with two attached hydrogens (primary N) is 2. The molecular weight excluding hydrogens is 223 g/mol. The van der Waals surface area contributed by atoms with Crippen LogP contribution >= 0.6 is 0 Å². The van der Waals surface area contributed by atoms with E-state index in [9.17, 15) is 4.79 Å². The summed E-state index contributed by atoms with van der Waals surface area (Å²) < 4.78 is 0. The van der Waals surface area contributed by atoms with Gasteiger partial charge in [-0.05, 0) is 19.4 Å². The van der Waals surface area contributed by atoms with Gasteiger partial charge >= 0.3 is 23.0 Å². The second kappa shape index (κ2) is 11.2. The third-order valence-corrected chi connectivity index (χ3v) is 1.29. The van der Waals surface area contributed by atoms with E-state index in [1.807, 2.05) is 0 Å². The van der Waals surface area contributed by atoms with Crippen LogP contribution in [0, 0.1) is 0 Å². The standard InChI is InChI=1S/C6H14N2O2.ClH.Fe/c7-4-2-1-3-5(8)6(9)10;;/h5H,1-4,7-8H2,(H,9,10);1H;/q;;+3/p-1. The first kappa shape index (κ1) is 18.1. The fourth-order valence-electron chi connectivity index (χ4n) is 0.632. The Morgan fingerprint density at radius 3 is 2.25 bits per heavy atom. The van der Waals surface area contributed by atoms with Crippen molar-refractivity contribution in [3.8, 4) is 0 Å². The Bertz CT molecular complexity index is 116. The molecule has 0 spiro atoms. The maximum absolute atomic E-state index is 10.1. The minimum absolute atomic E-state index is 0. The Morgan fingerprint density at radius 1 is 1.42 bits per heavy atom. The van der Waals surface area contributed by atoms with E-state index in [-0.39, 0.29) is 29.5 Å². The quantitative estimate of drug-likeness (QED) is 0.342. The van der Waals surface area contributed by atoms with E-state index in [0.717, 1.165) is 12.8 Å². The Hall–Kier alpha value is 0.199. The molecule has 1 radical (unpaired) electrons.